The first-order chi connectivity index (χ1) is 16.8. The van der Waals surface area contributed by atoms with E-state index in [0.717, 1.165) is 22.5 Å². The maximum absolute atomic E-state index is 13.7. The van der Waals surface area contributed by atoms with Crippen molar-refractivity contribution in [1.29, 1.82) is 0 Å². The van der Waals surface area contributed by atoms with Gasteiger partial charge in [0.2, 0.25) is 22.4 Å². The van der Waals surface area contributed by atoms with Gasteiger partial charge in [-0.25, -0.2) is 8.42 Å². The lowest BCUT2D eigenvalue weighted by Gasteiger charge is -2.11. The minimum Gasteiger partial charge on any atom is -0.454 e. The Hall–Kier alpha value is -3.82. The van der Waals surface area contributed by atoms with E-state index in [-0.39, 0.29) is 32.1 Å². The largest absolute Gasteiger partial charge is 0.454 e. The van der Waals surface area contributed by atoms with Gasteiger partial charge in [0.1, 0.15) is 14.8 Å². The smallest absolute Gasteiger partial charge is 0.231 e. The van der Waals surface area contributed by atoms with Gasteiger partial charge in [0, 0.05) is 11.3 Å². The number of carbonyl (C=O) groups excluding carboxylic acids is 1. The zero-order valence-corrected chi connectivity index (χ0v) is 20.6. The van der Waals surface area contributed by atoms with E-state index in [2.05, 4.69) is 5.32 Å². The van der Waals surface area contributed by atoms with E-state index in [1.807, 2.05) is 32.0 Å². The number of nitrogen functional groups attached to an aromatic ring is 1. The topological polar surface area (TPSA) is 108 Å². The Kier molecular flexibility index (Phi) is 5.74. The van der Waals surface area contributed by atoms with Crippen LogP contribution in [0, 0.1) is 13.8 Å². The summed E-state index contributed by atoms with van der Waals surface area (Å²) < 4.78 is 38.0. The number of anilines is 3. The number of nitrogens with two attached hydrogens (primary N) is 1. The molecule has 4 aromatic rings. The van der Waals surface area contributed by atoms with Crippen LogP contribution >= 0.6 is 11.3 Å². The summed E-state index contributed by atoms with van der Waals surface area (Å²) in [5.74, 6) is 0.602. The van der Waals surface area contributed by atoms with Crippen LogP contribution < -0.4 is 20.5 Å². The molecule has 0 unspecified atom stereocenters. The number of sulfone groups is 1. The Morgan fingerprint density at radius 3 is 2.43 bits per heavy atom. The van der Waals surface area contributed by atoms with Gasteiger partial charge in [-0.1, -0.05) is 24.3 Å². The molecule has 3 N–H and O–H groups in total. The molecule has 35 heavy (non-hydrogen) atoms. The second-order valence-corrected chi connectivity index (χ2v) is 11.0. The third kappa shape index (κ3) is 4.13. The zero-order chi connectivity index (χ0) is 24.7. The quantitative estimate of drug-likeness (QED) is 0.333. The molecule has 5 rings (SSSR count). The Bertz CT molecular complexity index is 1560. The molecule has 0 bridgehead atoms. The van der Waals surface area contributed by atoms with Crippen molar-refractivity contribution in [2.45, 2.75) is 23.6 Å². The fraction of sp³-hybridized carbons (Fsp3) is 0.115. The normalized spacial score (nSPS) is 12.5. The summed E-state index contributed by atoms with van der Waals surface area (Å²) in [4.78, 5) is 13.6. The van der Waals surface area contributed by atoms with Crippen LogP contribution in [0.2, 0.25) is 0 Å². The maximum Gasteiger partial charge on any atom is 0.231 e. The summed E-state index contributed by atoms with van der Waals surface area (Å²) in [7, 11) is -4.02. The van der Waals surface area contributed by atoms with E-state index < -0.39 is 15.6 Å². The van der Waals surface area contributed by atoms with E-state index in [4.69, 9.17) is 15.2 Å². The highest BCUT2D eigenvalue weighted by Crippen LogP contribution is 2.44. The van der Waals surface area contributed by atoms with Gasteiger partial charge in [0.15, 0.2) is 11.5 Å². The average molecular weight is 507 g/mol. The molecule has 2 heterocycles. The molecule has 0 radical (unpaired) electrons. The fourth-order valence-electron chi connectivity index (χ4n) is 3.78. The lowest BCUT2D eigenvalue weighted by molar-refractivity contribution is 0.104. The van der Waals surface area contributed by atoms with Crippen LogP contribution in [0.15, 0.2) is 76.5 Å². The van der Waals surface area contributed by atoms with Crippen LogP contribution in [0.4, 0.5) is 16.4 Å². The number of fused-ring (bicyclic) bond motifs is 1. The van der Waals surface area contributed by atoms with Gasteiger partial charge in [-0.15, -0.1) is 11.3 Å². The number of aryl methyl sites for hydroxylation is 2. The summed E-state index contributed by atoms with van der Waals surface area (Å²) in [5, 5.41) is 3.46. The maximum atomic E-state index is 13.7. The molecule has 0 saturated carbocycles. The first-order valence-electron chi connectivity index (χ1n) is 10.8. The minimum atomic E-state index is -4.02. The molecular formula is C26H22N2O5S2. The van der Waals surface area contributed by atoms with Crippen molar-refractivity contribution in [1.82, 2.24) is 0 Å². The van der Waals surface area contributed by atoms with Gasteiger partial charge in [0.05, 0.1) is 10.6 Å². The molecular weight excluding hydrogens is 484 g/mol. The molecule has 0 aliphatic carbocycles. The van der Waals surface area contributed by atoms with Gasteiger partial charge in [-0.05, 0) is 67.4 Å². The molecule has 0 spiro atoms. The molecule has 1 aliphatic heterocycles. The van der Waals surface area contributed by atoms with Gasteiger partial charge < -0.3 is 20.5 Å². The number of nitrogens with one attached hydrogen (secondary N) is 1. The average Bonchev–Trinajstić information content (AvgIpc) is 3.45. The van der Waals surface area contributed by atoms with Crippen molar-refractivity contribution in [3.8, 4) is 11.5 Å². The van der Waals surface area contributed by atoms with Gasteiger partial charge in [0.25, 0.3) is 0 Å². The van der Waals surface area contributed by atoms with Crippen LogP contribution in [0.1, 0.15) is 26.4 Å². The number of hydrogen-bond acceptors (Lipinski definition) is 8. The molecule has 0 atom stereocenters. The third-order valence-corrected chi connectivity index (χ3v) is 8.93. The van der Waals surface area contributed by atoms with Crippen LogP contribution in [0.5, 0.6) is 11.5 Å². The number of carbonyl (C=O) groups is 1. The highest BCUT2D eigenvalue weighted by molar-refractivity contribution is 7.92. The van der Waals surface area contributed by atoms with E-state index in [1.54, 1.807) is 36.4 Å². The minimum absolute atomic E-state index is 0.0810. The number of hydrogen-bond donors (Lipinski definition) is 2. The van der Waals surface area contributed by atoms with E-state index >= 15 is 0 Å². The summed E-state index contributed by atoms with van der Waals surface area (Å²) in [6.07, 6.45) is 0. The van der Waals surface area contributed by atoms with Gasteiger partial charge in [-0.3, -0.25) is 4.79 Å². The Balaban J connectivity index is 1.64. The van der Waals surface area contributed by atoms with Crippen molar-refractivity contribution in [2.75, 3.05) is 17.8 Å². The molecule has 0 amide bonds. The molecule has 9 heteroatoms. The Labute approximate surface area is 207 Å². The Morgan fingerprint density at radius 2 is 1.69 bits per heavy atom. The number of ether oxygens (including phenoxy) is 2. The lowest BCUT2D eigenvalue weighted by atomic mass is 10.1. The predicted octanol–water partition coefficient (Wildman–Crippen LogP) is 5.48. The molecule has 3 aromatic carbocycles. The van der Waals surface area contributed by atoms with Crippen LogP contribution in [-0.4, -0.2) is 21.0 Å². The van der Waals surface area contributed by atoms with E-state index in [0.29, 0.717) is 22.7 Å². The summed E-state index contributed by atoms with van der Waals surface area (Å²) >= 11 is 1.01. The number of rotatable bonds is 6. The van der Waals surface area contributed by atoms with Crippen molar-refractivity contribution in [2.24, 2.45) is 0 Å². The standard InChI is InChI=1S/C26H22N2O5S2/c1-15-8-10-18(12-16(15)2)28-26-25(35(30,31)19-6-4-3-5-7-19)22(27)24(34-26)23(29)17-9-11-20-21(13-17)33-14-32-20/h3-13,28H,14,27H2,1-2H3. The van der Waals surface area contributed by atoms with Crippen molar-refractivity contribution >= 4 is 43.3 Å². The molecule has 178 valence electrons. The summed E-state index contributed by atoms with van der Waals surface area (Å²) in [6.45, 7) is 4.05. The summed E-state index contributed by atoms with van der Waals surface area (Å²) in [5.41, 5.74) is 9.48. The number of benzene rings is 3. The first kappa shape index (κ1) is 22.9. The lowest BCUT2D eigenvalue weighted by Crippen LogP contribution is -2.08. The van der Waals surface area contributed by atoms with Gasteiger partial charge in [-0.2, -0.15) is 0 Å². The highest BCUT2D eigenvalue weighted by Gasteiger charge is 2.32. The number of thiophene rings is 1. The highest BCUT2D eigenvalue weighted by atomic mass is 32.2. The third-order valence-electron chi connectivity index (χ3n) is 5.83. The Morgan fingerprint density at radius 1 is 0.943 bits per heavy atom. The predicted molar refractivity (Wildman–Crippen MR) is 136 cm³/mol. The van der Waals surface area contributed by atoms with Crippen LogP contribution in [0.25, 0.3) is 0 Å². The zero-order valence-electron chi connectivity index (χ0n) is 19.0. The summed E-state index contributed by atoms with van der Waals surface area (Å²) in [6, 6.07) is 18.6. The molecule has 0 fully saturated rings. The second-order valence-electron chi connectivity index (χ2n) is 8.14. The van der Waals surface area contributed by atoms with E-state index in [9.17, 15) is 13.2 Å². The molecule has 1 aliphatic rings. The van der Waals surface area contributed by atoms with Gasteiger partial charge >= 0.3 is 0 Å². The monoisotopic (exact) mass is 506 g/mol. The van der Waals surface area contributed by atoms with Crippen LogP contribution in [-0.2, 0) is 9.84 Å². The number of ketones is 1. The molecule has 0 saturated heterocycles. The van der Waals surface area contributed by atoms with Crippen molar-refractivity contribution in [3.05, 3.63) is 88.3 Å². The van der Waals surface area contributed by atoms with Crippen molar-refractivity contribution in [3.63, 3.8) is 0 Å². The van der Waals surface area contributed by atoms with Crippen LogP contribution in [0.3, 0.4) is 0 Å². The first-order valence-corrected chi connectivity index (χ1v) is 13.1. The van der Waals surface area contributed by atoms with Crippen molar-refractivity contribution < 1.29 is 22.7 Å². The van der Waals surface area contributed by atoms with E-state index in [1.165, 1.54) is 12.1 Å². The second kappa shape index (κ2) is 8.75. The molecule has 7 nitrogen and oxygen atoms in total. The SMILES string of the molecule is Cc1ccc(Nc2sc(C(=O)c3ccc4c(c3)OCO4)c(N)c2S(=O)(=O)c2ccccc2)cc1C. The fourth-order valence-corrected chi connectivity index (χ4v) is 6.74. The molecule has 1 aromatic heterocycles.